The highest BCUT2D eigenvalue weighted by Crippen LogP contribution is 1.94. The Labute approximate surface area is 109 Å². The van der Waals surface area contributed by atoms with E-state index in [1.807, 2.05) is 26.2 Å². The molecule has 0 atom stereocenters. The van der Waals surface area contributed by atoms with Crippen molar-refractivity contribution in [1.82, 2.24) is 20.5 Å². The van der Waals surface area contributed by atoms with Gasteiger partial charge in [0.05, 0.1) is 6.54 Å². The van der Waals surface area contributed by atoms with Crippen molar-refractivity contribution in [3.05, 3.63) is 30.1 Å². The normalized spacial score (nSPS) is 10.6. The molecule has 100 valence electrons. The van der Waals surface area contributed by atoms with Gasteiger partial charge in [-0.15, -0.1) is 0 Å². The Balaban J connectivity index is 2.04. The molecular weight excluding hydrogens is 228 g/mol. The summed E-state index contributed by atoms with van der Waals surface area (Å²) in [6.07, 6.45) is 4.49. The van der Waals surface area contributed by atoms with Crippen LogP contribution in [-0.4, -0.2) is 49.5 Å². The predicted octanol–water partition coefficient (Wildman–Crippen LogP) is 0.239. The lowest BCUT2D eigenvalue weighted by Gasteiger charge is -2.10. The van der Waals surface area contributed by atoms with Crippen molar-refractivity contribution in [2.75, 3.05) is 33.7 Å². The lowest BCUT2D eigenvalue weighted by Crippen LogP contribution is -2.34. The molecule has 0 saturated heterocycles. The molecule has 1 amide bonds. The Bertz CT molecular complexity index is 340. The van der Waals surface area contributed by atoms with Gasteiger partial charge in [-0.2, -0.15) is 0 Å². The highest BCUT2D eigenvalue weighted by atomic mass is 16.1. The zero-order valence-electron chi connectivity index (χ0n) is 11.1. The van der Waals surface area contributed by atoms with E-state index in [1.54, 1.807) is 12.4 Å². The average molecular weight is 250 g/mol. The number of carbonyl (C=O) groups is 1. The van der Waals surface area contributed by atoms with E-state index in [9.17, 15) is 4.79 Å². The Morgan fingerprint density at radius 2 is 2.06 bits per heavy atom. The Morgan fingerprint density at radius 3 is 2.72 bits per heavy atom. The number of amides is 1. The first kappa shape index (κ1) is 14.6. The minimum absolute atomic E-state index is 0.0247. The predicted molar refractivity (Wildman–Crippen MR) is 72.1 cm³/mol. The summed E-state index contributed by atoms with van der Waals surface area (Å²) in [7, 11) is 4.09. The van der Waals surface area contributed by atoms with Gasteiger partial charge in [0, 0.05) is 18.9 Å². The van der Waals surface area contributed by atoms with Gasteiger partial charge < -0.3 is 15.5 Å². The number of hydrogen-bond donors (Lipinski definition) is 2. The number of carbonyl (C=O) groups excluding carboxylic acids is 1. The number of nitrogens with one attached hydrogen (secondary N) is 2. The van der Waals surface area contributed by atoms with Gasteiger partial charge in [-0.05, 0) is 51.3 Å². The summed E-state index contributed by atoms with van der Waals surface area (Å²) in [5, 5.41) is 5.98. The monoisotopic (exact) mass is 250 g/mol. The van der Waals surface area contributed by atoms with Crippen LogP contribution in [0.15, 0.2) is 24.5 Å². The largest absolute Gasteiger partial charge is 0.351 e. The van der Waals surface area contributed by atoms with Gasteiger partial charge in [0.1, 0.15) is 0 Å². The summed E-state index contributed by atoms with van der Waals surface area (Å²) < 4.78 is 0. The van der Waals surface area contributed by atoms with Crippen LogP contribution in [0.3, 0.4) is 0 Å². The maximum atomic E-state index is 11.5. The third kappa shape index (κ3) is 6.98. The smallest absolute Gasteiger partial charge is 0.234 e. The zero-order valence-corrected chi connectivity index (χ0v) is 11.1. The topological polar surface area (TPSA) is 57.3 Å². The van der Waals surface area contributed by atoms with Gasteiger partial charge in [0.25, 0.3) is 0 Å². The van der Waals surface area contributed by atoms with Crippen molar-refractivity contribution in [3.8, 4) is 0 Å². The fraction of sp³-hybridized carbons (Fsp3) is 0.538. The van der Waals surface area contributed by atoms with Crippen molar-refractivity contribution in [1.29, 1.82) is 0 Å². The van der Waals surface area contributed by atoms with E-state index in [0.717, 1.165) is 25.1 Å². The molecule has 1 rings (SSSR count). The van der Waals surface area contributed by atoms with E-state index >= 15 is 0 Å². The SMILES string of the molecule is CN(C)CCCNCC(=O)NCc1ccncc1. The van der Waals surface area contributed by atoms with Crippen LogP contribution in [0.4, 0.5) is 0 Å². The second kappa shape index (κ2) is 8.60. The van der Waals surface area contributed by atoms with Gasteiger partial charge in [-0.1, -0.05) is 0 Å². The first-order valence-electron chi connectivity index (χ1n) is 6.19. The first-order valence-corrected chi connectivity index (χ1v) is 6.19. The van der Waals surface area contributed by atoms with Crippen molar-refractivity contribution in [2.45, 2.75) is 13.0 Å². The number of hydrogen-bond acceptors (Lipinski definition) is 4. The molecule has 5 heteroatoms. The molecule has 1 heterocycles. The van der Waals surface area contributed by atoms with E-state index < -0.39 is 0 Å². The highest BCUT2D eigenvalue weighted by molar-refractivity contribution is 5.77. The van der Waals surface area contributed by atoms with Gasteiger partial charge >= 0.3 is 0 Å². The van der Waals surface area contributed by atoms with Gasteiger partial charge in [-0.25, -0.2) is 0 Å². The molecule has 0 radical (unpaired) electrons. The molecule has 0 bridgehead atoms. The van der Waals surface area contributed by atoms with Crippen molar-refractivity contribution in [2.24, 2.45) is 0 Å². The molecule has 0 spiro atoms. The van der Waals surface area contributed by atoms with Crippen molar-refractivity contribution in [3.63, 3.8) is 0 Å². The van der Waals surface area contributed by atoms with E-state index in [-0.39, 0.29) is 5.91 Å². The first-order chi connectivity index (χ1) is 8.68. The zero-order chi connectivity index (χ0) is 13.2. The lowest BCUT2D eigenvalue weighted by molar-refractivity contribution is -0.120. The average Bonchev–Trinajstić information content (AvgIpc) is 2.37. The minimum atomic E-state index is 0.0247. The molecule has 1 aromatic rings. The number of nitrogens with zero attached hydrogens (tertiary/aromatic N) is 2. The van der Waals surface area contributed by atoms with Gasteiger partial charge in [0.15, 0.2) is 0 Å². The minimum Gasteiger partial charge on any atom is -0.351 e. The van der Waals surface area contributed by atoms with Crippen LogP contribution in [0.1, 0.15) is 12.0 Å². The van der Waals surface area contributed by atoms with E-state index in [1.165, 1.54) is 0 Å². The third-order valence-corrected chi connectivity index (χ3v) is 2.48. The lowest BCUT2D eigenvalue weighted by atomic mass is 10.3. The second-order valence-electron chi connectivity index (χ2n) is 4.47. The van der Waals surface area contributed by atoms with Crippen LogP contribution in [-0.2, 0) is 11.3 Å². The van der Waals surface area contributed by atoms with E-state index in [4.69, 9.17) is 0 Å². The molecule has 0 aliphatic rings. The quantitative estimate of drug-likeness (QED) is 0.649. The fourth-order valence-electron chi connectivity index (χ4n) is 1.49. The Hall–Kier alpha value is -1.46. The maximum Gasteiger partial charge on any atom is 0.234 e. The molecular formula is C13H22N4O. The van der Waals surface area contributed by atoms with Crippen LogP contribution >= 0.6 is 0 Å². The standard InChI is InChI=1S/C13H22N4O/c1-17(2)9-3-6-15-11-13(18)16-10-12-4-7-14-8-5-12/h4-5,7-8,15H,3,6,9-11H2,1-2H3,(H,16,18). The molecule has 2 N–H and O–H groups in total. The van der Waals surface area contributed by atoms with E-state index in [2.05, 4.69) is 20.5 Å². The van der Waals surface area contributed by atoms with Crippen LogP contribution in [0.25, 0.3) is 0 Å². The summed E-state index contributed by atoms with van der Waals surface area (Å²) in [6, 6.07) is 3.79. The second-order valence-corrected chi connectivity index (χ2v) is 4.47. The van der Waals surface area contributed by atoms with Gasteiger partial charge in [-0.3, -0.25) is 9.78 Å². The fourth-order valence-corrected chi connectivity index (χ4v) is 1.49. The third-order valence-electron chi connectivity index (χ3n) is 2.48. The molecule has 0 fully saturated rings. The molecule has 0 saturated carbocycles. The van der Waals surface area contributed by atoms with Crippen LogP contribution in [0.5, 0.6) is 0 Å². The van der Waals surface area contributed by atoms with Crippen molar-refractivity contribution < 1.29 is 4.79 Å². The molecule has 5 nitrogen and oxygen atoms in total. The Kier molecular flexibility index (Phi) is 6.98. The summed E-state index contributed by atoms with van der Waals surface area (Å²) in [6.45, 7) is 2.83. The number of rotatable bonds is 8. The van der Waals surface area contributed by atoms with Crippen molar-refractivity contribution >= 4 is 5.91 Å². The molecule has 1 aromatic heterocycles. The summed E-state index contributed by atoms with van der Waals surface area (Å²) in [5.41, 5.74) is 1.06. The molecule has 0 aromatic carbocycles. The molecule has 0 aliphatic heterocycles. The van der Waals surface area contributed by atoms with E-state index in [0.29, 0.717) is 13.1 Å². The van der Waals surface area contributed by atoms with Gasteiger partial charge in [0.2, 0.25) is 5.91 Å². The number of aromatic nitrogens is 1. The van der Waals surface area contributed by atoms with Crippen LogP contribution in [0, 0.1) is 0 Å². The maximum absolute atomic E-state index is 11.5. The summed E-state index contributed by atoms with van der Waals surface area (Å²) in [4.78, 5) is 17.6. The molecule has 18 heavy (non-hydrogen) atoms. The summed E-state index contributed by atoms with van der Waals surface area (Å²) >= 11 is 0. The van der Waals surface area contributed by atoms with Crippen LogP contribution in [0.2, 0.25) is 0 Å². The highest BCUT2D eigenvalue weighted by Gasteiger charge is 2.00. The number of pyridine rings is 1. The Morgan fingerprint density at radius 1 is 1.33 bits per heavy atom. The van der Waals surface area contributed by atoms with Crippen LogP contribution < -0.4 is 10.6 Å². The molecule has 0 aliphatic carbocycles. The molecule has 0 unspecified atom stereocenters. The summed E-state index contributed by atoms with van der Waals surface area (Å²) in [5.74, 6) is 0.0247.